The smallest absolute Gasteiger partial charge is 0.286 e. The van der Waals surface area contributed by atoms with Gasteiger partial charge in [0.05, 0.1) is 5.25 Å². The summed E-state index contributed by atoms with van der Waals surface area (Å²) >= 11 is 1.00. The van der Waals surface area contributed by atoms with Crippen molar-refractivity contribution >= 4 is 28.7 Å². The Morgan fingerprint density at radius 3 is 2.46 bits per heavy atom. The molecule has 0 saturated carbocycles. The van der Waals surface area contributed by atoms with Gasteiger partial charge in [-0.1, -0.05) is 36.9 Å². The number of aromatic nitrogens is 1. The second kappa shape index (κ2) is 8.14. The van der Waals surface area contributed by atoms with Crippen molar-refractivity contribution < 1.29 is 19.1 Å². The van der Waals surface area contributed by atoms with Gasteiger partial charge >= 0.3 is 0 Å². The van der Waals surface area contributed by atoms with E-state index in [2.05, 4.69) is 10.3 Å². The Labute approximate surface area is 155 Å². The quantitative estimate of drug-likeness (QED) is 0.755. The van der Waals surface area contributed by atoms with Crippen molar-refractivity contribution in [1.82, 2.24) is 10.3 Å². The zero-order valence-electron chi connectivity index (χ0n) is 14.2. The molecule has 134 valence electrons. The van der Waals surface area contributed by atoms with Crippen molar-refractivity contribution in [3.05, 3.63) is 59.4 Å². The Kier molecular flexibility index (Phi) is 5.68. The van der Waals surface area contributed by atoms with Crippen molar-refractivity contribution in [1.29, 1.82) is 0 Å². The molecule has 0 spiro atoms. The van der Waals surface area contributed by atoms with Gasteiger partial charge in [-0.15, -0.1) is 0 Å². The van der Waals surface area contributed by atoms with Gasteiger partial charge in [0, 0.05) is 6.20 Å². The lowest BCUT2D eigenvalue weighted by Gasteiger charge is -2.08. The number of benzene rings is 1. The SMILES string of the molecule is CCc1ccc(C(=O)COc2ccc(CC3SC(=O)NC3=O)cc2)nc1. The van der Waals surface area contributed by atoms with Crippen LogP contribution in [0.1, 0.15) is 28.5 Å². The molecule has 1 fully saturated rings. The summed E-state index contributed by atoms with van der Waals surface area (Å²) < 4.78 is 5.51. The van der Waals surface area contributed by atoms with Crippen molar-refractivity contribution in [2.45, 2.75) is 25.0 Å². The van der Waals surface area contributed by atoms with Crippen LogP contribution >= 0.6 is 11.8 Å². The van der Waals surface area contributed by atoms with Crippen molar-refractivity contribution in [3.63, 3.8) is 0 Å². The van der Waals surface area contributed by atoms with Crippen LogP contribution in [0.4, 0.5) is 4.79 Å². The number of ether oxygens (including phenoxy) is 1. The first-order chi connectivity index (χ1) is 12.5. The second-order valence-corrected chi connectivity index (χ2v) is 7.02. The van der Waals surface area contributed by atoms with E-state index in [1.807, 2.05) is 25.1 Å². The normalized spacial score (nSPS) is 16.4. The summed E-state index contributed by atoms with van der Waals surface area (Å²) in [5, 5.41) is 1.57. The molecule has 2 aromatic rings. The van der Waals surface area contributed by atoms with Gasteiger partial charge in [-0.05, 0) is 42.2 Å². The van der Waals surface area contributed by atoms with Gasteiger partial charge in [0.1, 0.15) is 11.4 Å². The minimum atomic E-state index is -0.395. The van der Waals surface area contributed by atoms with Crippen LogP contribution in [0.15, 0.2) is 42.6 Å². The van der Waals surface area contributed by atoms with Crippen LogP contribution < -0.4 is 10.1 Å². The number of hydrogen-bond donors (Lipinski definition) is 1. The molecular formula is C19H18N2O4S. The van der Waals surface area contributed by atoms with E-state index in [-0.39, 0.29) is 23.5 Å². The van der Waals surface area contributed by atoms with Crippen molar-refractivity contribution in [3.8, 4) is 5.75 Å². The second-order valence-electron chi connectivity index (χ2n) is 5.85. The molecule has 3 rings (SSSR count). The van der Waals surface area contributed by atoms with Gasteiger partial charge in [-0.3, -0.25) is 24.7 Å². The molecule has 0 bridgehead atoms. The number of carbonyl (C=O) groups excluding carboxylic acids is 3. The predicted molar refractivity (Wildman–Crippen MR) is 98.5 cm³/mol. The van der Waals surface area contributed by atoms with Crippen LogP contribution in [-0.4, -0.2) is 33.8 Å². The van der Waals surface area contributed by atoms with Gasteiger partial charge in [-0.25, -0.2) is 0 Å². The maximum absolute atomic E-state index is 12.1. The largest absolute Gasteiger partial charge is 0.485 e. The van der Waals surface area contributed by atoms with Crippen LogP contribution in [0.3, 0.4) is 0 Å². The number of aryl methyl sites for hydroxylation is 1. The lowest BCUT2D eigenvalue weighted by molar-refractivity contribution is -0.118. The standard InChI is InChI=1S/C19H18N2O4S/c1-2-12-5-8-15(20-10-12)16(22)11-25-14-6-3-13(4-7-14)9-17-18(23)21-19(24)26-17/h3-8,10,17H,2,9,11H2,1H3,(H,21,23,24). The van der Waals surface area contributed by atoms with Gasteiger partial charge in [0.15, 0.2) is 6.61 Å². The number of hydrogen-bond acceptors (Lipinski definition) is 6. The van der Waals surface area contributed by atoms with Crippen LogP contribution in [0, 0.1) is 0 Å². The van der Waals surface area contributed by atoms with Crippen LogP contribution in [0.5, 0.6) is 5.75 Å². The Bertz CT molecular complexity index is 818. The number of thioether (sulfide) groups is 1. The van der Waals surface area contributed by atoms with Crippen LogP contribution in [-0.2, 0) is 17.6 Å². The number of Topliss-reactive ketones (excluding diaryl/α,β-unsaturated/α-hetero) is 1. The Balaban J connectivity index is 1.53. The summed E-state index contributed by atoms with van der Waals surface area (Å²) in [7, 11) is 0. The number of pyridine rings is 1. The summed E-state index contributed by atoms with van der Waals surface area (Å²) in [6.45, 7) is 1.94. The minimum Gasteiger partial charge on any atom is -0.485 e. The molecule has 1 aromatic carbocycles. The van der Waals surface area contributed by atoms with Gasteiger partial charge in [-0.2, -0.15) is 0 Å². The molecule has 1 aliphatic rings. The van der Waals surface area contributed by atoms with E-state index in [1.165, 1.54) is 0 Å². The van der Waals surface area contributed by atoms with E-state index in [4.69, 9.17) is 4.74 Å². The van der Waals surface area contributed by atoms with Crippen molar-refractivity contribution in [2.75, 3.05) is 6.61 Å². The van der Waals surface area contributed by atoms with Crippen LogP contribution in [0.2, 0.25) is 0 Å². The fourth-order valence-corrected chi connectivity index (χ4v) is 3.34. The maximum atomic E-state index is 12.1. The first kappa shape index (κ1) is 18.1. The number of carbonyl (C=O) groups is 3. The average molecular weight is 370 g/mol. The Morgan fingerprint density at radius 1 is 1.15 bits per heavy atom. The van der Waals surface area contributed by atoms with Gasteiger partial charge < -0.3 is 4.74 Å². The van der Waals surface area contributed by atoms with E-state index >= 15 is 0 Å². The summed E-state index contributed by atoms with van der Waals surface area (Å²) in [5.74, 6) is 0.119. The highest BCUT2D eigenvalue weighted by atomic mass is 32.2. The van der Waals surface area contributed by atoms with E-state index < -0.39 is 5.25 Å². The molecule has 0 aliphatic carbocycles. The third kappa shape index (κ3) is 4.49. The minimum absolute atomic E-state index is 0.0901. The molecule has 1 saturated heterocycles. The van der Waals surface area contributed by atoms with E-state index in [0.717, 1.165) is 29.3 Å². The lowest BCUT2D eigenvalue weighted by atomic mass is 10.1. The molecule has 2 heterocycles. The zero-order chi connectivity index (χ0) is 18.5. The number of amides is 2. The summed E-state index contributed by atoms with van der Waals surface area (Å²) in [6, 6.07) is 10.7. The summed E-state index contributed by atoms with van der Waals surface area (Å²) in [4.78, 5) is 39.0. The number of rotatable bonds is 7. The first-order valence-electron chi connectivity index (χ1n) is 8.26. The molecule has 0 radical (unpaired) electrons. The summed E-state index contributed by atoms with van der Waals surface area (Å²) in [6.07, 6.45) is 3.04. The van der Waals surface area contributed by atoms with Gasteiger partial charge in [0.2, 0.25) is 11.7 Å². The highest BCUT2D eigenvalue weighted by molar-refractivity contribution is 8.15. The van der Waals surface area contributed by atoms with E-state index in [0.29, 0.717) is 17.9 Å². The van der Waals surface area contributed by atoms with E-state index in [9.17, 15) is 14.4 Å². The number of nitrogens with zero attached hydrogens (tertiary/aromatic N) is 1. The topological polar surface area (TPSA) is 85.4 Å². The molecule has 7 heteroatoms. The van der Waals surface area contributed by atoms with Gasteiger partial charge in [0.25, 0.3) is 5.24 Å². The molecule has 1 unspecified atom stereocenters. The third-order valence-corrected chi connectivity index (χ3v) is 4.98. The molecule has 1 atom stereocenters. The molecule has 26 heavy (non-hydrogen) atoms. The number of ketones is 1. The molecule has 2 amide bonds. The predicted octanol–water partition coefficient (Wildman–Crippen LogP) is 2.80. The molecule has 1 aromatic heterocycles. The Morgan fingerprint density at radius 2 is 1.88 bits per heavy atom. The Hall–Kier alpha value is -2.67. The number of nitrogens with one attached hydrogen (secondary N) is 1. The average Bonchev–Trinajstić information content (AvgIpc) is 2.98. The first-order valence-corrected chi connectivity index (χ1v) is 9.14. The monoisotopic (exact) mass is 370 g/mol. The highest BCUT2D eigenvalue weighted by Gasteiger charge is 2.31. The molecule has 1 aliphatic heterocycles. The maximum Gasteiger partial charge on any atom is 0.286 e. The highest BCUT2D eigenvalue weighted by Crippen LogP contribution is 2.23. The molecular weight excluding hydrogens is 352 g/mol. The zero-order valence-corrected chi connectivity index (χ0v) is 15.0. The molecule has 1 N–H and O–H groups in total. The fraction of sp³-hybridized carbons (Fsp3) is 0.263. The van der Waals surface area contributed by atoms with Crippen LogP contribution in [0.25, 0.3) is 0 Å². The number of imide groups is 1. The van der Waals surface area contributed by atoms with Crippen molar-refractivity contribution in [2.24, 2.45) is 0 Å². The van der Waals surface area contributed by atoms with E-state index in [1.54, 1.807) is 24.4 Å². The fourth-order valence-electron chi connectivity index (χ4n) is 2.48. The molecule has 6 nitrogen and oxygen atoms in total. The third-order valence-electron chi connectivity index (χ3n) is 4.00. The lowest BCUT2D eigenvalue weighted by Crippen LogP contribution is -2.25. The summed E-state index contributed by atoms with van der Waals surface area (Å²) in [5.41, 5.74) is 2.38.